The summed E-state index contributed by atoms with van der Waals surface area (Å²) in [6, 6.07) is 3.14. The fourth-order valence-electron chi connectivity index (χ4n) is 0.858. The van der Waals surface area contributed by atoms with E-state index in [1.807, 2.05) is 0 Å². The molecule has 0 radical (unpaired) electrons. The minimum atomic E-state index is -0.511. The summed E-state index contributed by atoms with van der Waals surface area (Å²) in [4.78, 5) is 14.9. The van der Waals surface area contributed by atoms with Crippen molar-refractivity contribution in [2.24, 2.45) is 5.16 Å². The number of ether oxygens (including phenoxy) is 1. The van der Waals surface area contributed by atoms with Gasteiger partial charge in [0, 0.05) is 6.20 Å². The third-order valence-electron chi connectivity index (χ3n) is 1.42. The molecule has 0 aliphatic heterocycles. The summed E-state index contributed by atoms with van der Waals surface area (Å²) in [5, 5.41) is 11.1. The summed E-state index contributed by atoms with van der Waals surface area (Å²) in [6.45, 7) is 0. The van der Waals surface area contributed by atoms with E-state index in [-0.39, 0.29) is 11.3 Å². The molecule has 0 spiro atoms. The Morgan fingerprint density at radius 1 is 1.77 bits per heavy atom. The second-order valence-electron chi connectivity index (χ2n) is 2.17. The van der Waals surface area contributed by atoms with E-state index >= 15 is 0 Å². The highest BCUT2D eigenvalue weighted by Crippen LogP contribution is 2.04. The van der Waals surface area contributed by atoms with Crippen LogP contribution in [0.15, 0.2) is 23.5 Å². The van der Waals surface area contributed by atoms with Gasteiger partial charge in [0.25, 0.3) is 0 Å². The normalized spacial score (nSPS) is 10.2. The Hall–Kier alpha value is -1.91. The number of methoxy groups -OCH3 is 1. The maximum atomic E-state index is 11.1. The zero-order chi connectivity index (χ0) is 9.68. The first-order chi connectivity index (χ1) is 6.29. The van der Waals surface area contributed by atoms with Gasteiger partial charge in [-0.25, -0.2) is 4.79 Å². The van der Waals surface area contributed by atoms with Crippen LogP contribution in [0.1, 0.15) is 16.1 Å². The Morgan fingerprint density at radius 2 is 2.54 bits per heavy atom. The Bertz CT molecular complexity index is 336. The quantitative estimate of drug-likeness (QED) is 0.314. The van der Waals surface area contributed by atoms with Crippen LogP contribution in [-0.2, 0) is 4.74 Å². The van der Waals surface area contributed by atoms with Gasteiger partial charge in [0.05, 0.1) is 24.6 Å². The van der Waals surface area contributed by atoms with Crippen molar-refractivity contribution in [1.82, 2.24) is 4.98 Å². The van der Waals surface area contributed by atoms with Crippen molar-refractivity contribution in [2.45, 2.75) is 0 Å². The van der Waals surface area contributed by atoms with Crippen LogP contribution in [0.2, 0.25) is 0 Å². The third kappa shape index (κ3) is 2.02. The highest BCUT2D eigenvalue weighted by molar-refractivity contribution is 5.97. The number of oxime groups is 1. The first-order valence-corrected chi connectivity index (χ1v) is 3.50. The molecule has 0 aliphatic rings. The second kappa shape index (κ2) is 4.20. The van der Waals surface area contributed by atoms with Crippen LogP contribution in [0.25, 0.3) is 0 Å². The number of carbonyl (C=O) groups excluding carboxylic acids is 1. The number of pyridine rings is 1. The molecule has 13 heavy (non-hydrogen) atoms. The minimum Gasteiger partial charge on any atom is -0.465 e. The third-order valence-corrected chi connectivity index (χ3v) is 1.42. The van der Waals surface area contributed by atoms with E-state index in [1.165, 1.54) is 19.4 Å². The monoisotopic (exact) mass is 180 g/mol. The number of hydrogen-bond donors (Lipinski definition) is 1. The maximum Gasteiger partial charge on any atom is 0.340 e. The van der Waals surface area contributed by atoms with Crippen LogP contribution in [-0.4, -0.2) is 29.5 Å². The molecule has 1 aromatic heterocycles. The number of nitrogens with zero attached hydrogens (tertiary/aromatic N) is 2. The average Bonchev–Trinajstić information content (AvgIpc) is 2.18. The van der Waals surface area contributed by atoms with Gasteiger partial charge in [0.15, 0.2) is 0 Å². The predicted molar refractivity (Wildman–Crippen MR) is 45.0 cm³/mol. The number of hydrogen-bond acceptors (Lipinski definition) is 5. The van der Waals surface area contributed by atoms with Gasteiger partial charge in [-0.1, -0.05) is 5.16 Å². The summed E-state index contributed by atoms with van der Waals surface area (Å²) in [5.41, 5.74) is 0.541. The molecule has 68 valence electrons. The Balaban J connectivity index is 3.11. The van der Waals surface area contributed by atoms with Crippen LogP contribution in [0.3, 0.4) is 0 Å². The predicted octanol–water partition coefficient (Wildman–Crippen LogP) is 0.676. The van der Waals surface area contributed by atoms with Crippen LogP contribution in [0.5, 0.6) is 0 Å². The van der Waals surface area contributed by atoms with Crippen molar-refractivity contribution >= 4 is 12.2 Å². The Morgan fingerprint density at radius 3 is 3.15 bits per heavy atom. The number of rotatable bonds is 2. The molecular formula is C8H8N2O3. The van der Waals surface area contributed by atoms with Crippen molar-refractivity contribution in [1.29, 1.82) is 0 Å². The average molecular weight is 180 g/mol. The first kappa shape index (κ1) is 9.18. The molecule has 0 atom stereocenters. The molecule has 1 rings (SSSR count). The summed E-state index contributed by atoms with van der Waals surface area (Å²) < 4.78 is 4.50. The highest BCUT2D eigenvalue weighted by Gasteiger charge is 2.10. The lowest BCUT2D eigenvalue weighted by molar-refractivity contribution is 0.0600. The van der Waals surface area contributed by atoms with Gasteiger partial charge in [0.1, 0.15) is 0 Å². The van der Waals surface area contributed by atoms with E-state index in [4.69, 9.17) is 5.21 Å². The van der Waals surface area contributed by atoms with Crippen molar-refractivity contribution in [3.63, 3.8) is 0 Å². The molecular weight excluding hydrogens is 172 g/mol. The fraction of sp³-hybridized carbons (Fsp3) is 0.125. The largest absolute Gasteiger partial charge is 0.465 e. The molecule has 0 saturated heterocycles. The zero-order valence-corrected chi connectivity index (χ0v) is 6.97. The van der Waals surface area contributed by atoms with Crippen molar-refractivity contribution in [3.05, 3.63) is 29.6 Å². The second-order valence-corrected chi connectivity index (χ2v) is 2.17. The summed E-state index contributed by atoms with van der Waals surface area (Å²) in [7, 11) is 1.27. The van der Waals surface area contributed by atoms with Gasteiger partial charge < -0.3 is 9.94 Å². The van der Waals surface area contributed by atoms with Crippen molar-refractivity contribution in [3.8, 4) is 0 Å². The van der Waals surface area contributed by atoms with E-state index in [0.717, 1.165) is 6.21 Å². The summed E-state index contributed by atoms with van der Waals surface area (Å²) in [6.07, 6.45) is 2.57. The lowest BCUT2D eigenvalue weighted by atomic mass is 10.2. The first-order valence-electron chi connectivity index (χ1n) is 3.50. The number of esters is 1. The van der Waals surface area contributed by atoms with Crippen molar-refractivity contribution < 1.29 is 14.7 Å². The molecule has 5 heteroatoms. The Labute approximate surface area is 74.7 Å². The van der Waals surface area contributed by atoms with Crippen LogP contribution < -0.4 is 0 Å². The van der Waals surface area contributed by atoms with E-state index in [0.29, 0.717) is 0 Å². The highest BCUT2D eigenvalue weighted by atomic mass is 16.5. The standard InChI is InChI=1S/C8H8N2O3/c1-13-8(11)6-3-2-4-9-7(6)5-10-12/h2-5,12H,1H3/b10-5+. The number of carbonyl (C=O) groups is 1. The van der Waals surface area contributed by atoms with Crippen LogP contribution in [0.4, 0.5) is 0 Å². The SMILES string of the molecule is COC(=O)c1cccnc1/C=N/O. The molecule has 5 nitrogen and oxygen atoms in total. The molecule has 0 aliphatic carbocycles. The van der Waals surface area contributed by atoms with E-state index in [2.05, 4.69) is 14.9 Å². The van der Waals surface area contributed by atoms with Gasteiger partial charge >= 0.3 is 5.97 Å². The minimum absolute atomic E-state index is 0.266. The summed E-state index contributed by atoms with van der Waals surface area (Å²) >= 11 is 0. The molecule has 1 aromatic rings. The van der Waals surface area contributed by atoms with Gasteiger partial charge in [0.2, 0.25) is 0 Å². The van der Waals surface area contributed by atoms with E-state index in [1.54, 1.807) is 6.07 Å². The smallest absolute Gasteiger partial charge is 0.340 e. The van der Waals surface area contributed by atoms with Gasteiger partial charge in [-0.2, -0.15) is 0 Å². The van der Waals surface area contributed by atoms with E-state index < -0.39 is 5.97 Å². The van der Waals surface area contributed by atoms with Gasteiger partial charge in [-0.15, -0.1) is 0 Å². The van der Waals surface area contributed by atoms with E-state index in [9.17, 15) is 4.79 Å². The fourth-order valence-corrected chi connectivity index (χ4v) is 0.858. The molecule has 0 fully saturated rings. The molecule has 0 bridgehead atoms. The van der Waals surface area contributed by atoms with Gasteiger partial charge in [-0.3, -0.25) is 4.98 Å². The lowest BCUT2D eigenvalue weighted by Crippen LogP contribution is -2.06. The molecule has 0 amide bonds. The molecule has 0 saturated carbocycles. The topological polar surface area (TPSA) is 71.8 Å². The molecule has 1 N–H and O–H groups in total. The lowest BCUT2D eigenvalue weighted by Gasteiger charge is -2.00. The van der Waals surface area contributed by atoms with Crippen LogP contribution in [0, 0.1) is 0 Å². The maximum absolute atomic E-state index is 11.1. The molecule has 1 heterocycles. The Kier molecular flexibility index (Phi) is 2.97. The zero-order valence-electron chi connectivity index (χ0n) is 6.97. The van der Waals surface area contributed by atoms with Crippen molar-refractivity contribution in [2.75, 3.05) is 7.11 Å². The molecule has 0 aromatic carbocycles. The summed E-state index contributed by atoms with van der Waals surface area (Å²) in [5.74, 6) is -0.511. The van der Waals surface area contributed by atoms with Crippen LogP contribution >= 0.6 is 0 Å². The van der Waals surface area contributed by atoms with Gasteiger partial charge in [-0.05, 0) is 12.1 Å². The molecule has 0 unspecified atom stereocenters. The number of aromatic nitrogens is 1.